The predicted octanol–water partition coefficient (Wildman–Crippen LogP) is 3.09. The van der Waals surface area contributed by atoms with E-state index in [1.54, 1.807) is 0 Å². The Hall–Kier alpha value is -1.33. The first-order chi connectivity index (χ1) is 9.60. The maximum Gasteiger partial charge on any atom is 0.321 e. The van der Waals surface area contributed by atoms with Gasteiger partial charge in [-0.2, -0.15) is 0 Å². The number of nitrogens with one attached hydrogen (secondary N) is 1. The molecule has 0 aromatic heterocycles. The third-order valence-corrected chi connectivity index (χ3v) is 4.32. The van der Waals surface area contributed by atoms with Crippen molar-refractivity contribution in [2.45, 2.75) is 6.92 Å². The van der Waals surface area contributed by atoms with Crippen molar-refractivity contribution < 1.29 is 4.79 Å². The minimum absolute atomic E-state index is 0.0287. The SMILES string of the molecule is C=CCN1CCN(C(=O)Nc2ccc(C)c(Br)c2)CC1. The highest BCUT2D eigenvalue weighted by Crippen LogP contribution is 2.21. The Morgan fingerprint density at radius 3 is 2.70 bits per heavy atom. The minimum Gasteiger partial charge on any atom is -0.322 e. The lowest BCUT2D eigenvalue weighted by Crippen LogP contribution is -2.49. The number of halogens is 1. The first-order valence-corrected chi connectivity index (χ1v) is 7.55. The molecular weight excluding hydrogens is 318 g/mol. The molecule has 20 heavy (non-hydrogen) atoms. The Morgan fingerprint density at radius 2 is 2.10 bits per heavy atom. The van der Waals surface area contributed by atoms with Crippen LogP contribution in [0.15, 0.2) is 35.3 Å². The number of hydrogen-bond acceptors (Lipinski definition) is 2. The molecule has 2 rings (SSSR count). The summed E-state index contributed by atoms with van der Waals surface area (Å²) in [6.45, 7) is 9.97. The van der Waals surface area contributed by atoms with Crippen LogP contribution in [0.3, 0.4) is 0 Å². The summed E-state index contributed by atoms with van der Waals surface area (Å²) in [4.78, 5) is 16.3. The van der Waals surface area contributed by atoms with Gasteiger partial charge in [0.05, 0.1) is 0 Å². The number of anilines is 1. The molecule has 2 amide bonds. The summed E-state index contributed by atoms with van der Waals surface area (Å²) in [5, 5.41) is 2.94. The summed E-state index contributed by atoms with van der Waals surface area (Å²) in [6.07, 6.45) is 1.90. The number of aryl methyl sites for hydroxylation is 1. The van der Waals surface area contributed by atoms with Gasteiger partial charge in [0, 0.05) is 42.9 Å². The van der Waals surface area contributed by atoms with Gasteiger partial charge in [-0.15, -0.1) is 6.58 Å². The van der Waals surface area contributed by atoms with E-state index >= 15 is 0 Å². The average Bonchev–Trinajstić information content (AvgIpc) is 2.44. The lowest BCUT2D eigenvalue weighted by Gasteiger charge is -2.34. The number of carbonyl (C=O) groups is 1. The molecule has 1 aromatic carbocycles. The smallest absolute Gasteiger partial charge is 0.321 e. The Morgan fingerprint density at radius 1 is 1.40 bits per heavy atom. The van der Waals surface area contributed by atoms with Crippen LogP contribution in [-0.2, 0) is 0 Å². The lowest BCUT2D eigenvalue weighted by molar-refractivity contribution is 0.156. The fraction of sp³-hybridized carbons (Fsp3) is 0.400. The van der Waals surface area contributed by atoms with Crippen LogP contribution in [0, 0.1) is 6.92 Å². The van der Waals surface area contributed by atoms with E-state index in [1.165, 1.54) is 0 Å². The van der Waals surface area contributed by atoms with Crippen LogP contribution < -0.4 is 5.32 Å². The van der Waals surface area contributed by atoms with Crippen molar-refractivity contribution in [2.24, 2.45) is 0 Å². The van der Waals surface area contributed by atoms with Crippen LogP contribution >= 0.6 is 15.9 Å². The van der Waals surface area contributed by atoms with Gasteiger partial charge in [0.2, 0.25) is 0 Å². The van der Waals surface area contributed by atoms with E-state index in [-0.39, 0.29) is 6.03 Å². The highest BCUT2D eigenvalue weighted by Gasteiger charge is 2.20. The first kappa shape index (κ1) is 15.1. The van der Waals surface area contributed by atoms with E-state index in [0.717, 1.165) is 48.4 Å². The molecule has 0 radical (unpaired) electrons. The molecule has 1 aliphatic rings. The Balaban J connectivity index is 1.89. The summed E-state index contributed by atoms with van der Waals surface area (Å²) in [5.74, 6) is 0. The Kier molecular flexibility index (Phi) is 5.20. The topological polar surface area (TPSA) is 35.6 Å². The molecule has 0 aliphatic carbocycles. The summed E-state index contributed by atoms with van der Waals surface area (Å²) >= 11 is 3.48. The third kappa shape index (κ3) is 3.84. The van der Waals surface area contributed by atoms with Crippen molar-refractivity contribution >= 4 is 27.6 Å². The summed E-state index contributed by atoms with van der Waals surface area (Å²) in [6, 6.07) is 5.81. The van der Waals surface area contributed by atoms with Crippen LogP contribution in [0.5, 0.6) is 0 Å². The summed E-state index contributed by atoms with van der Waals surface area (Å²) < 4.78 is 1.01. The number of benzene rings is 1. The molecule has 0 saturated carbocycles. The molecule has 5 heteroatoms. The van der Waals surface area contributed by atoms with Gasteiger partial charge in [0.25, 0.3) is 0 Å². The van der Waals surface area contributed by atoms with Crippen molar-refractivity contribution in [3.8, 4) is 0 Å². The highest BCUT2D eigenvalue weighted by molar-refractivity contribution is 9.10. The second-order valence-electron chi connectivity index (χ2n) is 4.97. The predicted molar refractivity (Wildman–Crippen MR) is 86.1 cm³/mol. The van der Waals surface area contributed by atoms with E-state index < -0.39 is 0 Å². The standard InChI is InChI=1S/C15H20BrN3O/c1-3-6-18-7-9-19(10-8-18)15(20)17-13-5-4-12(2)14(16)11-13/h3-5,11H,1,6-10H2,2H3,(H,17,20). The second kappa shape index (κ2) is 6.90. The molecule has 0 atom stereocenters. The van der Waals surface area contributed by atoms with Crippen molar-refractivity contribution in [2.75, 3.05) is 38.0 Å². The minimum atomic E-state index is -0.0287. The number of hydrogen-bond donors (Lipinski definition) is 1. The monoisotopic (exact) mass is 337 g/mol. The van der Waals surface area contributed by atoms with E-state index in [9.17, 15) is 4.79 Å². The number of piperazine rings is 1. The largest absolute Gasteiger partial charge is 0.322 e. The van der Waals surface area contributed by atoms with Gasteiger partial charge in [-0.3, -0.25) is 4.90 Å². The fourth-order valence-electron chi connectivity index (χ4n) is 2.19. The summed E-state index contributed by atoms with van der Waals surface area (Å²) in [5.41, 5.74) is 1.97. The van der Waals surface area contributed by atoms with Gasteiger partial charge in [-0.1, -0.05) is 28.1 Å². The van der Waals surface area contributed by atoms with Crippen LogP contribution in [0.4, 0.5) is 10.5 Å². The molecule has 108 valence electrons. The number of rotatable bonds is 3. The van der Waals surface area contributed by atoms with Gasteiger partial charge in [0.1, 0.15) is 0 Å². The molecule has 1 N–H and O–H groups in total. The van der Waals surface area contributed by atoms with E-state index in [1.807, 2.05) is 36.1 Å². The highest BCUT2D eigenvalue weighted by atomic mass is 79.9. The fourth-order valence-corrected chi connectivity index (χ4v) is 2.57. The van der Waals surface area contributed by atoms with Crippen LogP contribution in [0.25, 0.3) is 0 Å². The number of amides is 2. The van der Waals surface area contributed by atoms with Crippen molar-refractivity contribution in [3.63, 3.8) is 0 Å². The first-order valence-electron chi connectivity index (χ1n) is 6.75. The molecule has 0 unspecified atom stereocenters. The average molecular weight is 338 g/mol. The second-order valence-corrected chi connectivity index (χ2v) is 5.82. The van der Waals surface area contributed by atoms with Gasteiger partial charge in [-0.05, 0) is 24.6 Å². The van der Waals surface area contributed by atoms with Gasteiger partial charge in [0.15, 0.2) is 0 Å². The zero-order valence-electron chi connectivity index (χ0n) is 11.7. The van der Waals surface area contributed by atoms with E-state index in [0.29, 0.717) is 0 Å². The molecule has 1 aliphatic heterocycles. The van der Waals surface area contributed by atoms with Gasteiger partial charge < -0.3 is 10.2 Å². The lowest BCUT2D eigenvalue weighted by atomic mass is 10.2. The Bertz CT molecular complexity index is 496. The van der Waals surface area contributed by atoms with Crippen LogP contribution in [-0.4, -0.2) is 48.6 Å². The molecule has 0 bridgehead atoms. The molecule has 1 aromatic rings. The number of carbonyl (C=O) groups excluding carboxylic acids is 1. The van der Waals surface area contributed by atoms with Crippen molar-refractivity contribution in [1.82, 2.24) is 9.80 Å². The van der Waals surface area contributed by atoms with E-state index in [4.69, 9.17) is 0 Å². The normalized spacial score (nSPS) is 16.0. The maximum absolute atomic E-state index is 12.2. The number of nitrogens with zero attached hydrogens (tertiary/aromatic N) is 2. The van der Waals surface area contributed by atoms with Crippen LogP contribution in [0.2, 0.25) is 0 Å². The quantitative estimate of drug-likeness (QED) is 0.860. The molecular formula is C15H20BrN3O. The molecule has 0 spiro atoms. The zero-order valence-corrected chi connectivity index (χ0v) is 13.3. The molecule has 1 heterocycles. The number of urea groups is 1. The van der Waals surface area contributed by atoms with Gasteiger partial charge in [-0.25, -0.2) is 4.79 Å². The van der Waals surface area contributed by atoms with Crippen molar-refractivity contribution in [1.29, 1.82) is 0 Å². The Labute approximate surface area is 128 Å². The maximum atomic E-state index is 12.2. The van der Waals surface area contributed by atoms with E-state index in [2.05, 4.69) is 32.7 Å². The van der Waals surface area contributed by atoms with Gasteiger partial charge >= 0.3 is 6.03 Å². The van der Waals surface area contributed by atoms with Crippen LogP contribution in [0.1, 0.15) is 5.56 Å². The molecule has 1 saturated heterocycles. The third-order valence-electron chi connectivity index (χ3n) is 3.47. The van der Waals surface area contributed by atoms with Crippen molar-refractivity contribution in [3.05, 3.63) is 40.9 Å². The molecule has 1 fully saturated rings. The zero-order chi connectivity index (χ0) is 14.5. The molecule has 4 nitrogen and oxygen atoms in total. The summed E-state index contributed by atoms with van der Waals surface area (Å²) in [7, 11) is 0.